The van der Waals surface area contributed by atoms with Crippen LogP contribution >= 0.6 is 12.6 Å². The molecule has 0 saturated heterocycles. The van der Waals surface area contributed by atoms with Crippen LogP contribution in [0, 0.1) is 10.1 Å². The zero-order chi connectivity index (χ0) is 9.14. The van der Waals surface area contributed by atoms with Gasteiger partial charge in [0.05, 0.1) is 12.0 Å². The van der Waals surface area contributed by atoms with Crippen molar-refractivity contribution < 1.29 is 9.66 Å². The summed E-state index contributed by atoms with van der Waals surface area (Å²) in [5.74, 6) is 0.229. The first-order valence-electron chi connectivity index (χ1n) is 3.16. The maximum Gasteiger partial charge on any atom is 0.310 e. The molecule has 0 unspecified atom stereocenters. The molecule has 0 bridgehead atoms. The van der Waals surface area contributed by atoms with Gasteiger partial charge in [0, 0.05) is 17.0 Å². The molecule has 64 valence electrons. The van der Waals surface area contributed by atoms with Gasteiger partial charge in [0.25, 0.3) is 0 Å². The Labute approximate surface area is 74.7 Å². The van der Waals surface area contributed by atoms with Gasteiger partial charge in [-0.1, -0.05) is 0 Å². The van der Waals surface area contributed by atoms with Gasteiger partial charge in [0.1, 0.15) is 0 Å². The number of benzene rings is 1. The Morgan fingerprint density at radius 3 is 2.75 bits per heavy atom. The van der Waals surface area contributed by atoms with Crippen LogP contribution in [0.15, 0.2) is 23.1 Å². The van der Waals surface area contributed by atoms with E-state index in [1.165, 1.54) is 19.2 Å². The van der Waals surface area contributed by atoms with Gasteiger partial charge in [-0.25, -0.2) is 0 Å². The number of hydrogen-bond acceptors (Lipinski definition) is 4. The Kier molecular flexibility index (Phi) is 2.54. The summed E-state index contributed by atoms with van der Waals surface area (Å²) in [5.41, 5.74) is -0.0460. The second-order valence-electron chi connectivity index (χ2n) is 2.11. The first-order chi connectivity index (χ1) is 5.65. The molecule has 0 radical (unpaired) electrons. The molecular formula is C7H7NO3S. The van der Waals surface area contributed by atoms with E-state index in [4.69, 9.17) is 4.74 Å². The fourth-order valence-corrected chi connectivity index (χ4v) is 1.01. The monoisotopic (exact) mass is 185 g/mol. The molecule has 0 atom stereocenters. The first kappa shape index (κ1) is 8.86. The highest BCUT2D eigenvalue weighted by molar-refractivity contribution is 7.80. The van der Waals surface area contributed by atoms with E-state index in [9.17, 15) is 10.1 Å². The summed E-state index contributed by atoms with van der Waals surface area (Å²) in [6.45, 7) is 0. The van der Waals surface area contributed by atoms with Crippen LogP contribution in [0.4, 0.5) is 5.69 Å². The molecule has 0 aromatic heterocycles. The van der Waals surface area contributed by atoms with E-state index < -0.39 is 4.92 Å². The van der Waals surface area contributed by atoms with Crippen molar-refractivity contribution in [1.29, 1.82) is 0 Å². The van der Waals surface area contributed by atoms with E-state index in [0.717, 1.165) is 0 Å². The van der Waals surface area contributed by atoms with Crippen LogP contribution in [0.1, 0.15) is 0 Å². The molecule has 4 nitrogen and oxygen atoms in total. The Morgan fingerprint density at radius 2 is 2.25 bits per heavy atom. The van der Waals surface area contributed by atoms with Gasteiger partial charge in [-0.15, -0.1) is 12.6 Å². The van der Waals surface area contributed by atoms with Gasteiger partial charge in [0.15, 0.2) is 5.75 Å². The lowest BCUT2D eigenvalue weighted by atomic mass is 10.3. The molecule has 1 aromatic carbocycles. The third-order valence-electron chi connectivity index (χ3n) is 1.36. The summed E-state index contributed by atoms with van der Waals surface area (Å²) >= 11 is 4.02. The highest BCUT2D eigenvalue weighted by Crippen LogP contribution is 2.28. The van der Waals surface area contributed by atoms with Crippen LogP contribution in [0.2, 0.25) is 0 Å². The quantitative estimate of drug-likeness (QED) is 0.435. The molecule has 1 aromatic rings. The molecule has 0 N–H and O–H groups in total. The zero-order valence-corrected chi connectivity index (χ0v) is 7.25. The molecule has 0 saturated carbocycles. The average molecular weight is 185 g/mol. The maximum atomic E-state index is 10.4. The van der Waals surface area contributed by atoms with Gasteiger partial charge < -0.3 is 4.74 Å². The smallest absolute Gasteiger partial charge is 0.310 e. The van der Waals surface area contributed by atoms with Crippen molar-refractivity contribution >= 4 is 18.3 Å². The largest absolute Gasteiger partial charge is 0.490 e. The fourth-order valence-electron chi connectivity index (χ4n) is 0.817. The summed E-state index contributed by atoms with van der Waals surface area (Å²) in [6.07, 6.45) is 0. The van der Waals surface area contributed by atoms with Gasteiger partial charge in [-0.2, -0.15) is 0 Å². The van der Waals surface area contributed by atoms with E-state index in [1.807, 2.05) is 0 Å². The van der Waals surface area contributed by atoms with E-state index in [1.54, 1.807) is 6.07 Å². The second kappa shape index (κ2) is 3.44. The number of nitro benzene ring substituents is 1. The second-order valence-corrected chi connectivity index (χ2v) is 2.63. The molecule has 0 aliphatic carbocycles. The minimum absolute atomic E-state index is 0.0460. The van der Waals surface area contributed by atoms with E-state index >= 15 is 0 Å². The van der Waals surface area contributed by atoms with Crippen LogP contribution in [0.25, 0.3) is 0 Å². The third kappa shape index (κ3) is 1.68. The first-order valence-corrected chi connectivity index (χ1v) is 3.61. The Morgan fingerprint density at radius 1 is 1.58 bits per heavy atom. The zero-order valence-electron chi connectivity index (χ0n) is 6.35. The fraction of sp³-hybridized carbons (Fsp3) is 0.143. The maximum absolute atomic E-state index is 10.4. The van der Waals surface area contributed by atoms with Crippen LogP contribution in [0.5, 0.6) is 5.75 Å². The Balaban J connectivity index is 3.20. The standard InChI is InChI=1S/C7H7NO3S/c1-11-7-4-5(12)2-3-6(7)8(9)10/h2-4,12H,1H3. The molecular weight excluding hydrogens is 178 g/mol. The van der Waals surface area contributed by atoms with E-state index in [-0.39, 0.29) is 11.4 Å². The lowest BCUT2D eigenvalue weighted by molar-refractivity contribution is -0.385. The summed E-state index contributed by atoms with van der Waals surface area (Å²) in [7, 11) is 1.38. The lowest BCUT2D eigenvalue weighted by Gasteiger charge is -2.00. The van der Waals surface area contributed by atoms with Crippen LogP contribution < -0.4 is 4.74 Å². The minimum Gasteiger partial charge on any atom is -0.490 e. The van der Waals surface area contributed by atoms with Gasteiger partial charge in [-0.3, -0.25) is 10.1 Å². The van der Waals surface area contributed by atoms with E-state index in [0.29, 0.717) is 4.90 Å². The molecule has 0 aliphatic rings. The predicted molar refractivity (Wildman–Crippen MR) is 46.9 cm³/mol. The number of hydrogen-bond donors (Lipinski definition) is 1. The molecule has 12 heavy (non-hydrogen) atoms. The summed E-state index contributed by atoms with van der Waals surface area (Å²) < 4.78 is 4.80. The van der Waals surface area contributed by atoms with Crippen molar-refractivity contribution in [2.75, 3.05) is 7.11 Å². The van der Waals surface area contributed by atoms with Gasteiger partial charge >= 0.3 is 5.69 Å². The predicted octanol–water partition coefficient (Wildman–Crippen LogP) is 1.89. The number of ether oxygens (including phenoxy) is 1. The summed E-state index contributed by atoms with van der Waals surface area (Å²) in [6, 6.07) is 4.41. The minimum atomic E-state index is -0.494. The van der Waals surface area contributed by atoms with Crippen molar-refractivity contribution in [3.63, 3.8) is 0 Å². The van der Waals surface area contributed by atoms with Crippen LogP contribution in [-0.2, 0) is 0 Å². The topological polar surface area (TPSA) is 52.4 Å². The van der Waals surface area contributed by atoms with Gasteiger partial charge in [-0.05, 0) is 6.07 Å². The van der Waals surface area contributed by atoms with Crippen LogP contribution in [-0.4, -0.2) is 12.0 Å². The number of methoxy groups -OCH3 is 1. The number of rotatable bonds is 2. The number of nitro groups is 1. The van der Waals surface area contributed by atoms with Crippen molar-refractivity contribution in [2.24, 2.45) is 0 Å². The van der Waals surface area contributed by atoms with Crippen molar-refractivity contribution in [2.45, 2.75) is 4.90 Å². The third-order valence-corrected chi connectivity index (χ3v) is 1.64. The summed E-state index contributed by atoms with van der Waals surface area (Å²) in [5, 5.41) is 10.4. The molecule has 5 heteroatoms. The normalized spacial score (nSPS) is 9.50. The highest BCUT2D eigenvalue weighted by Gasteiger charge is 2.13. The number of nitrogens with zero attached hydrogens (tertiary/aromatic N) is 1. The molecule has 1 rings (SSSR count). The van der Waals surface area contributed by atoms with Crippen molar-refractivity contribution in [3.05, 3.63) is 28.3 Å². The molecule has 0 aliphatic heterocycles. The SMILES string of the molecule is COc1cc(S)ccc1[N+](=O)[O-]. The van der Waals surface area contributed by atoms with E-state index in [2.05, 4.69) is 12.6 Å². The Bertz CT molecular complexity index is 314. The number of thiol groups is 1. The Hall–Kier alpha value is -1.23. The highest BCUT2D eigenvalue weighted by atomic mass is 32.1. The molecule has 0 heterocycles. The molecule has 0 spiro atoms. The molecule has 0 amide bonds. The van der Waals surface area contributed by atoms with Crippen molar-refractivity contribution in [3.8, 4) is 5.75 Å². The van der Waals surface area contributed by atoms with Crippen molar-refractivity contribution in [1.82, 2.24) is 0 Å². The molecule has 0 fully saturated rings. The van der Waals surface area contributed by atoms with Gasteiger partial charge in [0.2, 0.25) is 0 Å². The lowest BCUT2D eigenvalue weighted by Crippen LogP contribution is -1.92. The van der Waals surface area contributed by atoms with Crippen LogP contribution in [0.3, 0.4) is 0 Å². The average Bonchev–Trinajstić information content (AvgIpc) is 2.03. The summed E-state index contributed by atoms with van der Waals surface area (Å²) in [4.78, 5) is 10.5.